The van der Waals surface area contributed by atoms with Crippen LogP contribution in [0.25, 0.3) is 10.9 Å². The Balaban J connectivity index is 2.73. The number of nitriles is 1. The van der Waals surface area contributed by atoms with Crippen LogP contribution in [0.4, 0.5) is 0 Å². The molecule has 16 heavy (non-hydrogen) atoms. The number of nitrogens with zero attached hydrogens (tertiary/aromatic N) is 1. The number of ether oxygens (including phenoxy) is 1. The van der Waals surface area contributed by atoms with E-state index in [2.05, 4.69) is 11.1 Å². The van der Waals surface area contributed by atoms with E-state index in [0.29, 0.717) is 17.2 Å². The van der Waals surface area contributed by atoms with Crippen LogP contribution in [0.2, 0.25) is 5.02 Å². The lowest BCUT2D eigenvalue weighted by Gasteiger charge is -2.03. The number of H-pyrrole nitrogens is 1. The van der Waals surface area contributed by atoms with Crippen molar-refractivity contribution in [1.82, 2.24) is 4.98 Å². The molecule has 0 aliphatic carbocycles. The van der Waals surface area contributed by atoms with Gasteiger partial charge in [-0.15, -0.1) is 0 Å². The Morgan fingerprint density at radius 2 is 2.25 bits per heavy atom. The largest absolute Gasteiger partial charge is 0.495 e. The van der Waals surface area contributed by atoms with Crippen molar-refractivity contribution >= 4 is 22.5 Å². The van der Waals surface area contributed by atoms with Gasteiger partial charge in [0.05, 0.1) is 24.6 Å². The van der Waals surface area contributed by atoms with Crippen molar-refractivity contribution in [1.29, 1.82) is 5.26 Å². The minimum atomic E-state index is 0.386. The Hall–Kier alpha value is -1.66. The molecular formula is C12H11ClN2O. The summed E-state index contributed by atoms with van der Waals surface area (Å²) >= 11 is 6.03. The molecule has 3 nitrogen and oxygen atoms in total. The topological polar surface area (TPSA) is 48.8 Å². The number of aryl methyl sites for hydroxylation is 1. The van der Waals surface area contributed by atoms with Gasteiger partial charge in [-0.1, -0.05) is 11.6 Å². The third-order valence-electron chi connectivity index (χ3n) is 2.65. The summed E-state index contributed by atoms with van der Waals surface area (Å²) in [5, 5.41) is 10.4. The van der Waals surface area contributed by atoms with Crippen molar-refractivity contribution in [3.63, 3.8) is 0 Å². The zero-order chi connectivity index (χ0) is 11.7. The summed E-state index contributed by atoms with van der Waals surface area (Å²) in [5.74, 6) is 0.632. The fraction of sp³-hybridized carbons (Fsp3) is 0.250. The molecule has 0 bridgehead atoms. The van der Waals surface area contributed by atoms with Crippen LogP contribution in [0.5, 0.6) is 5.75 Å². The van der Waals surface area contributed by atoms with Gasteiger partial charge in [-0.05, 0) is 24.6 Å². The first-order valence-electron chi connectivity index (χ1n) is 4.89. The molecule has 0 radical (unpaired) electrons. The molecule has 1 aromatic carbocycles. The van der Waals surface area contributed by atoms with E-state index in [4.69, 9.17) is 21.6 Å². The van der Waals surface area contributed by atoms with E-state index in [1.807, 2.05) is 19.1 Å². The molecule has 0 saturated carbocycles. The molecule has 2 rings (SSSR count). The normalized spacial score (nSPS) is 10.4. The van der Waals surface area contributed by atoms with E-state index in [1.165, 1.54) is 0 Å². The lowest BCUT2D eigenvalue weighted by atomic mass is 10.1. The van der Waals surface area contributed by atoms with E-state index in [-0.39, 0.29) is 0 Å². The second kappa shape index (κ2) is 4.07. The minimum Gasteiger partial charge on any atom is -0.495 e. The average molecular weight is 235 g/mol. The van der Waals surface area contributed by atoms with Crippen molar-refractivity contribution in [2.75, 3.05) is 7.11 Å². The van der Waals surface area contributed by atoms with Gasteiger partial charge in [-0.2, -0.15) is 5.26 Å². The molecule has 0 atom stereocenters. The Labute approximate surface area is 98.6 Å². The highest BCUT2D eigenvalue weighted by Gasteiger charge is 2.11. The number of methoxy groups -OCH3 is 1. The lowest BCUT2D eigenvalue weighted by Crippen LogP contribution is -1.85. The van der Waals surface area contributed by atoms with Crippen molar-refractivity contribution < 1.29 is 4.74 Å². The summed E-state index contributed by atoms with van der Waals surface area (Å²) < 4.78 is 5.17. The van der Waals surface area contributed by atoms with E-state index in [1.54, 1.807) is 7.11 Å². The SMILES string of the molecule is COc1cc2c(CC#N)c(C)[nH]c2cc1Cl. The first-order chi connectivity index (χ1) is 7.67. The monoisotopic (exact) mass is 234 g/mol. The van der Waals surface area contributed by atoms with Crippen LogP contribution in [-0.4, -0.2) is 12.1 Å². The van der Waals surface area contributed by atoms with Gasteiger partial charge in [-0.3, -0.25) is 0 Å². The quantitative estimate of drug-likeness (QED) is 0.868. The van der Waals surface area contributed by atoms with Crippen LogP contribution < -0.4 is 4.74 Å². The summed E-state index contributed by atoms with van der Waals surface area (Å²) in [4.78, 5) is 3.21. The predicted molar refractivity (Wildman–Crippen MR) is 63.9 cm³/mol. The van der Waals surface area contributed by atoms with Crippen molar-refractivity contribution in [2.45, 2.75) is 13.3 Å². The molecule has 2 aromatic rings. The summed E-state index contributed by atoms with van der Waals surface area (Å²) in [5.41, 5.74) is 2.95. The second-order valence-electron chi connectivity index (χ2n) is 3.60. The molecule has 0 unspecified atom stereocenters. The number of rotatable bonds is 2. The summed E-state index contributed by atoms with van der Waals surface area (Å²) in [7, 11) is 1.58. The molecule has 0 aliphatic heterocycles. The highest BCUT2D eigenvalue weighted by atomic mass is 35.5. The van der Waals surface area contributed by atoms with Crippen LogP contribution >= 0.6 is 11.6 Å². The third kappa shape index (κ3) is 1.62. The van der Waals surface area contributed by atoms with Crippen LogP contribution in [0.3, 0.4) is 0 Å². The molecule has 4 heteroatoms. The maximum Gasteiger partial charge on any atom is 0.138 e. The van der Waals surface area contributed by atoms with Gasteiger partial charge in [0.1, 0.15) is 5.75 Å². The number of hydrogen-bond donors (Lipinski definition) is 1. The Kier molecular flexibility index (Phi) is 2.76. The van der Waals surface area contributed by atoms with E-state index >= 15 is 0 Å². The Bertz CT molecular complexity index is 581. The van der Waals surface area contributed by atoms with Gasteiger partial charge in [0.15, 0.2) is 0 Å². The average Bonchev–Trinajstić information content (AvgIpc) is 2.54. The molecule has 82 valence electrons. The first kappa shape index (κ1) is 10.8. The smallest absolute Gasteiger partial charge is 0.138 e. The Morgan fingerprint density at radius 3 is 2.88 bits per heavy atom. The molecule has 0 spiro atoms. The standard InChI is InChI=1S/C12H11ClN2O/c1-7-8(3-4-14)9-5-12(16-2)10(13)6-11(9)15-7/h5-6,15H,3H2,1-2H3. The zero-order valence-electron chi connectivity index (χ0n) is 9.10. The highest BCUT2D eigenvalue weighted by Crippen LogP contribution is 2.32. The minimum absolute atomic E-state index is 0.386. The third-order valence-corrected chi connectivity index (χ3v) is 2.94. The highest BCUT2D eigenvalue weighted by molar-refractivity contribution is 6.32. The molecular weight excluding hydrogens is 224 g/mol. The van der Waals surface area contributed by atoms with Gasteiger partial charge in [0.25, 0.3) is 0 Å². The summed E-state index contributed by atoms with van der Waals surface area (Å²) in [6.07, 6.45) is 0.386. The zero-order valence-corrected chi connectivity index (χ0v) is 9.85. The molecule has 1 heterocycles. The number of aromatic nitrogens is 1. The first-order valence-corrected chi connectivity index (χ1v) is 5.26. The Morgan fingerprint density at radius 1 is 1.50 bits per heavy atom. The number of halogens is 1. The van der Waals surface area contributed by atoms with Gasteiger partial charge in [0, 0.05) is 16.6 Å². The van der Waals surface area contributed by atoms with Gasteiger partial charge < -0.3 is 9.72 Å². The number of nitrogens with one attached hydrogen (secondary N) is 1. The molecule has 1 N–H and O–H groups in total. The number of hydrogen-bond acceptors (Lipinski definition) is 2. The van der Waals surface area contributed by atoms with Crippen LogP contribution in [0.15, 0.2) is 12.1 Å². The van der Waals surface area contributed by atoms with E-state index < -0.39 is 0 Å². The molecule has 0 fully saturated rings. The molecule has 0 aliphatic rings. The van der Waals surface area contributed by atoms with E-state index in [0.717, 1.165) is 22.2 Å². The van der Waals surface area contributed by atoms with Gasteiger partial charge >= 0.3 is 0 Å². The summed E-state index contributed by atoms with van der Waals surface area (Å²) in [6, 6.07) is 5.85. The predicted octanol–water partition coefficient (Wildman–Crippen LogP) is 3.20. The summed E-state index contributed by atoms with van der Waals surface area (Å²) in [6.45, 7) is 1.95. The van der Waals surface area contributed by atoms with Crippen molar-refractivity contribution in [3.05, 3.63) is 28.4 Å². The number of fused-ring (bicyclic) bond motifs is 1. The van der Waals surface area contributed by atoms with Gasteiger partial charge in [0.2, 0.25) is 0 Å². The van der Waals surface area contributed by atoms with Crippen LogP contribution in [-0.2, 0) is 6.42 Å². The van der Waals surface area contributed by atoms with Crippen LogP contribution in [0, 0.1) is 18.3 Å². The molecule has 0 amide bonds. The van der Waals surface area contributed by atoms with Crippen molar-refractivity contribution in [3.8, 4) is 11.8 Å². The maximum atomic E-state index is 8.78. The fourth-order valence-corrected chi connectivity index (χ4v) is 2.09. The second-order valence-corrected chi connectivity index (χ2v) is 4.00. The number of aromatic amines is 1. The molecule has 0 saturated heterocycles. The maximum absolute atomic E-state index is 8.78. The lowest BCUT2D eigenvalue weighted by molar-refractivity contribution is 0.415. The van der Waals surface area contributed by atoms with Gasteiger partial charge in [-0.25, -0.2) is 0 Å². The van der Waals surface area contributed by atoms with Crippen molar-refractivity contribution in [2.24, 2.45) is 0 Å². The number of benzene rings is 1. The molecule has 1 aromatic heterocycles. The fourth-order valence-electron chi connectivity index (χ4n) is 1.85. The van der Waals surface area contributed by atoms with E-state index in [9.17, 15) is 0 Å². The van der Waals surface area contributed by atoms with Crippen LogP contribution in [0.1, 0.15) is 11.3 Å².